The first-order chi connectivity index (χ1) is 13.2. The Balaban J connectivity index is 1.95. The third-order valence-corrected chi connectivity index (χ3v) is 6.50. The van der Waals surface area contributed by atoms with Gasteiger partial charge in [0.15, 0.2) is 8.30 Å². The largest absolute Gasteiger partial charge is 0.339 e. The summed E-state index contributed by atoms with van der Waals surface area (Å²) < 4.78 is 7.60. The second kappa shape index (κ2) is 8.20. The molecule has 0 saturated heterocycles. The monoisotopic (exact) mass is 416 g/mol. The second-order valence-corrected chi connectivity index (χ2v) is 9.85. The van der Waals surface area contributed by atoms with Crippen LogP contribution >= 0.6 is 19.9 Å². The first-order valence-electron chi connectivity index (χ1n) is 9.11. The number of benzene rings is 2. The fraction of sp³-hybridized carbons (Fsp3) is 0.333. The lowest BCUT2D eigenvalue weighted by Gasteiger charge is -2.22. The number of aryl methyl sites for hydroxylation is 1. The Labute approximate surface area is 173 Å². The van der Waals surface area contributed by atoms with E-state index in [-0.39, 0.29) is 5.41 Å². The fourth-order valence-corrected chi connectivity index (χ4v) is 4.26. The Morgan fingerprint density at radius 2 is 1.75 bits per heavy atom. The molecule has 3 aromatic rings. The molecule has 3 rings (SSSR count). The van der Waals surface area contributed by atoms with Crippen LogP contribution in [-0.2, 0) is 9.94 Å². The van der Waals surface area contributed by atoms with Gasteiger partial charge in [-0.2, -0.15) is 0 Å². The minimum Gasteiger partial charge on any atom is -0.339 e. The van der Waals surface area contributed by atoms with Crippen molar-refractivity contribution in [1.82, 2.24) is 15.0 Å². The lowest BCUT2D eigenvalue weighted by molar-refractivity contribution is 0.471. The SMILES string of the molecule is COP(Nc1ccc(Cl)cc1-n1nnc(C)c1C)c1ccc(C(C)(C)C)cc1. The van der Waals surface area contributed by atoms with Crippen molar-refractivity contribution in [2.24, 2.45) is 0 Å². The van der Waals surface area contributed by atoms with Crippen molar-refractivity contribution in [3.8, 4) is 5.69 Å². The minimum atomic E-state index is -1.05. The number of nitrogens with one attached hydrogen (secondary N) is 1. The maximum absolute atomic E-state index is 6.26. The van der Waals surface area contributed by atoms with Crippen LogP contribution in [0, 0.1) is 13.8 Å². The molecule has 28 heavy (non-hydrogen) atoms. The fourth-order valence-electron chi connectivity index (χ4n) is 2.83. The van der Waals surface area contributed by atoms with Crippen LogP contribution in [0.3, 0.4) is 0 Å². The van der Waals surface area contributed by atoms with Gasteiger partial charge in [-0.25, -0.2) is 4.68 Å². The summed E-state index contributed by atoms with van der Waals surface area (Å²) in [5.41, 5.74) is 5.02. The molecule has 1 heterocycles. The van der Waals surface area contributed by atoms with Gasteiger partial charge in [0.25, 0.3) is 0 Å². The zero-order chi connectivity index (χ0) is 20.5. The number of aromatic nitrogens is 3. The molecule has 0 spiro atoms. The molecule has 0 aliphatic rings. The molecule has 7 heteroatoms. The smallest absolute Gasteiger partial charge is 0.163 e. The van der Waals surface area contributed by atoms with Crippen LogP contribution in [0.25, 0.3) is 5.69 Å². The van der Waals surface area contributed by atoms with Gasteiger partial charge in [-0.1, -0.05) is 61.9 Å². The maximum atomic E-state index is 6.26. The topological polar surface area (TPSA) is 52.0 Å². The average Bonchev–Trinajstić information content (AvgIpc) is 2.99. The van der Waals surface area contributed by atoms with Gasteiger partial charge in [0.1, 0.15) is 0 Å². The number of hydrogen-bond donors (Lipinski definition) is 1. The van der Waals surface area contributed by atoms with E-state index >= 15 is 0 Å². The van der Waals surface area contributed by atoms with Crippen LogP contribution < -0.4 is 10.4 Å². The molecule has 1 N–H and O–H groups in total. The summed E-state index contributed by atoms with van der Waals surface area (Å²) in [6.45, 7) is 10.6. The van der Waals surface area contributed by atoms with E-state index in [0.717, 1.165) is 28.1 Å². The molecular formula is C21H26ClN4OP. The summed E-state index contributed by atoms with van der Waals surface area (Å²) in [5.74, 6) is 0. The highest BCUT2D eigenvalue weighted by molar-refractivity contribution is 7.62. The van der Waals surface area contributed by atoms with Crippen molar-refractivity contribution >= 4 is 30.9 Å². The predicted octanol–water partition coefficient (Wildman–Crippen LogP) is 5.53. The molecule has 0 fully saturated rings. The van der Waals surface area contributed by atoms with Gasteiger partial charge < -0.3 is 9.61 Å². The van der Waals surface area contributed by atoms with E-state index in [9.17, 15) is 0 Å². The van der Waals surface area contributed by atoms with Crippen molar-refractivity contribution in [3.63, 3.8) is 0 Å². The van der Waals surface area contributed by atoms with Crippen LogP contribution in [-0.4, -0.2) is 22.1 Å². The number of rotatable bonds is 5. The van der Waals surface area contributed by atoms with Crippen molar-refractivity contribution in [2.45, 2.75) is 40.0 Å². The molecular weight excluding hydrogens is 391 g/mol. The zero-order valence-corrected chi connectivity index (χ0v) is 18.8. The van der Waals surface area contributed by atoms with E-state index in [1.807, 2.05) is 32.0 Å². The Bertz CT molecular complexity index is 964. The summed E-state index contributed by atoms with van der Waals surface area (Å²) in [5, 5.41) is 13.7. The van der Waals surface area contributed by atoms with Crippen LogP contribution in [0.4, 0.5) is 5.69 Å². The van der Waals surface area contributed by atoms with Crippen molar-refractivity contribution < 1.29 is 4.52 Å². The molecule has 0 aliphatic heterocycles. The molecule has 0 radical (unpaired) electrons. The molecule has 2 aromatic carbocycles. The second-order valence-electron chi connectivity index (χ2n) is 7.72. The first kappa shape index (κ1) is 20.8. The lowest BCUT2D eigenvalue weighted by atomic mass is 9.87. The average molecular weight is 417 g/mol. The summed E-state index contributed by atoms with van der Waals surface area (Å²) in [7, 11) is 0.667. The molecule has 1 unspecified atom stereocenters. The van der Waals surface area contributed by atoms with E-state index < -0.39 is 8.30 Å². The van der Waals surface area contributed by atoms with E-state index in [0.29, 0.717) is 5.02 Å². The molecule has 0 aliphatic carbocycles. The van der Waals surface area contributed by atoms with Gasteiger partial charge in [0, 0.05) is 17.4 Å². The van der Waals surface area contributed by atoms with Crippen molar-refractivity contribution in [2.75, 3.05) is 12.2 Å². The van der Waals surface area contributed by atoms with Crippen LogP contribution in [0.5, 0.6) is 0 Å². The highest BCUT2D eigenvalue weighted by Crippen LogP contribution is 2.39. The maximum Gasteiger partial charge on any atom is 0.163 e. The number of anilines is 1. The first-order valence-corrected chi connectivity index (χ1v) is 10.7. The van der Waals surface area contributed by atoms with E-state index in [2.05, 4.69) is 60.4 Å². The summed E-state index contributed by atoms with van der Waals surface area (Å²) >= 11 is 6.26. The highest BCUT2D eigenvalue weighted by atomic mass is 35.5. The van der Waals surface area contributed by atoms with Gasteiger partial charge >= 0.3 is 0 Å². The van der Waals surface area contributed by atoms with Crippen molar-refractivity contribution in [3.05, 3.63) is 64.4 Å². The molecule has 1 aromatic heterocycles. The molecule has 148 valence electrons. The van der Waals surface area contributed by atoms with E-state index in [4.69, 9.17) is 16.1 Å². The Hall–Kier alpha value is -1.94. The Morgan fingerprint density at radius 1 is 1.07 bits per heavy atom. The molecule has 0 amide bonds. The minimum absolute atomic E-state index is 0.119. The Kier molecular flexibility index (Phi) is 6.09. The van der Waals surface area contributed by atoms with Crippen molar-refractivity contribution in [1.29, 1.82) is 0 Å². The third kappa shape index (κ3) is 4.38. The third-order valence-electron chi connectivity index (χ3n) is 4.69. The summed E-state index contributed by atoms with van der Waals surface area (Å²) in [6.07, 6.45) is 0. The summed E-state index contributed by atoms with van der Waals surface area (Å²) in [6, 6.07) is 14.3. The molecule has 0 bridgehead atoms. The molecule has 0 saturated carbocycles. The zero-order valence-electron chi connectivity index (χ0n) is 17.1. The van der Waals surface area contributed by atoms with Crippen LogP contribution in [0.1, 0.15) is 37.7 Å². The standard InChI is InChI=1S/C21H26ClN4OP/c1-14-15(2)26(25-23-14)20-13-17(22)9-12-19(20)24-28(27-6)18-10-7-16(8-11-18)21(3,4)5/h7-13,24H,1-6H3. The predicted molar refractivity (Wildman–Crippen MR) is 118 cm³/mol. The lowest BCUT2D eigenvalue weighted by Crippen LogP contribution is -2.14. The van der Waals surface area contributed by atoms with E-state index in [1.54, 1.807) is 11.8 Å². The molecule has 1 atom stereocenters. The quantitative estimate of drug-likeness (QED) is 0.555. The summed E-state index contributed by atoms with van der Waals surface area (Å²) in [4.78, 5) is 0. The number of halogens is 1. The Morgan fingerprint density at radius 3 is 2.29 bits per heavy atom. The van der Waals surface area contributed by atoms with Gasteiger partial charge in [-0.15, -0.1) is 5.10 Å². The van der Waals surface area contributed by atoms with Crippen LogP contribution in [0.2, 0.25) is 5.02 Å². The van der Waals surface area contributed by atoms with E-state index in [1.165, 1.54) is 5.56 Å². The van der Waals surface area contributed by atoms with Crippen LogP contribution in [0.15, 0.2) is 42.5 Å². The molecule has 5 nitrogen and oxygen atoms in total. The number of nitrogens with zero attached hydrogens (tertiary/aromatic N) is 3. The normalized spacial score (nSPS) is 12.8. The van der Waals surface area contributed by atoms with Gasteiger partial charge in [-0.3, -0.25) is 0 Å². The van der Waals surface area contributed by atoms with Gasteiger partial charge in [0.2, 0.25) is 0 Å². The number of hydrogen-bond acceptors (Lipinski definition) is 4. The van der Waals surface area contributed by atoms with Gasteiger partial charge in [0.05, 0.1) is 22.8 Å². The van der Waals surface area contributed by atoms with Gasteiger partial charge in [-0.05, 0) is 43.0 Å². The highest BCUT2D eigenvalue weighted by Gasteiger charge is 2.18.